The minimum Gasteiger partial charge on any atom is -0.354 e. The summed E-state index contributed by atoms with van der Waals surface area (Å²) in [6.45, 7) is -0.0127. The Morgan fingerprint density at radius 2 is 1.96 bits per heavy atom. The van der Waals surface area contributed by atoms with Gasteiger partial charge >= 0.3 is 0 Å². The molecule has 1 aromatic heterocycles. The van der Waals surface area contributed by atoms with E-state index >= 15 is 0 Å². The van der Waals surface area contributed by atoms with Gasteiger partial charge in [0.15, 0.2) is 9.84 Å². The van der Waals surface area contributed by atoms with Crippen molar-refractivity contribution in [1.82, 2.24) is 5.32 Å². The summed E-state index contributed by atoms with van der Waals surface area (Å²) in [5, 5.41) is 3.48. The largest absolute Gasteiger partial charge is 0.354 e. The SMILES string of the molecule is O=C(NCC(c1ccc(F)cc1)S(=O)(=O)c1cccs1)C1CC1. The summed E-state index contributed by atoms with van der Waals surface area (Å²) in [5.74, 6) is -0.533. The van der Waals surface area contributed by atoms with E-state index in [1.54, 1.807) is 17.5 Å². The molecule has 23 heavy (non-hydrogen) atoms. The van der Waals surface area contributed by atoms with E-state index < -0.39 is 20.9 Å². The molecule has 1 aliphatic carbocycles. The van der Waals surface area contributed by atoms with Crippen LogP contribution in [-0.2, 0) is 14.6 Å². The van der Waals surface area contributed by atoms with E-state index in [0.29, 0.717) is 5.56 Å². The van der Waals surface area contributed by atoms with Gasteiger partial charge in [0, 0.05) is 12.5 Å². The second-order valence-corrected chi connectivity index (χ2v) is 8.84. The molecule has 1 fully saturated rings. The molecule has 0 spiro atoms. The van der Waals surface area contributed by atoms with Gasteiger partial charge in [-0.1, -0.05) is 18.2 Å². The average Bonchev–Trinajstić information content (AvgIpc) is 3.22. The van der Waals surface area contributed by atoms with Crippen molar-refractivity contribution in [2.45, 2.75) is 22.3 Å². The number of carbonyl (C=O) groups is 1. The van der Waals surface area contributed by atoms with Crippen molar-refractivity contribution in [3.63, 3.8) is 0 Å². The number of amides is 1. The number of thiophene rings is 1. The van der Waals surface area contributed by atoms with Gasteiger partial charge < -0.3 is 5.32 Å². The first-order chi connectivity index (χ1) is 11.0. The van der Waals surface area contributed by atoms with E-state index in [1.165, 1.54) is 24.3 Å². The van der Waals surface area contributed by atoms with Crippen molar-refractivity contribution in [3.8, 4) is 0 Å². The third-order valence-corrected chi connectivity index (χ3v) is 7.33. The van der Waals surface area contributed by atoms with Crippen LogP contribution in [0.2, 0.25) is 0 Å². The third-order valence-electron chi connectivity index (χ3n) is 3.80. The molecule has 1 N–H and O–H groups in total. The van der Waals surface area contributed by atoms with Crippen LogP contribution in [0.3, 0.4) is 0 Å². The molecule has 1 aromatic carbocycles. The molecule has 1 atom stereocenters. The highest BCUT2D eigenvalue weighted by atomic mass is 32.2. The lowest BCUT2D eigenvalue weighted by atomic mass is 10.1. The number of sulfone groups is 1. The Hall–Kier alpha value is -1.73. The molecule has 2 aromatic rings. The molecule has 0 aliphatic heterocycles. The first-order valence-corrected chi connectivity index (χ1v) is 9.71. The molecule has 1 aliphatic rings. The number of carbonyl (C=O) groups excluding carboxylic acids is 1. The molecule has 1 unspecified atom stereocenters. The molecular formula is C16H16FNO3S2. The second-order valence-electron chi connectivity index (χ2n) is 5.54. The van der Waals surface area contributed by atoms with Crippen LogP contribution in [0.5, 0.6) is 0 Å². The van der Waals surface area contributed by atoms with Gasteiger partial charge in [-0.2, -0.15) is 0 Å². The highest BCUT2D eigenvalue weighted by Gasteiger charge is 2.33. The Labute approximate surface area is 138 Å². The van der Waals surface area contributed by atoms with Crippen molar-refractivity contribution >= 4 is 27.1 Å². The standard InChI is InChI=1S/C16H16FNO3S2/c17-13-7-5-11(6-8-13)14(10-18-16(19)12-3-4-12)23(20,21)15-2-1-9-22-15/h1-2,5-9,12,14H,3-4,10H2,(H,18,19). The zero-order chi connectivity index (χ0) is 16.4. The second kappa shape index (κ2) is 6.41. The first-order valence-electron chi connectivity index (χ1n) is 7.29. The van der Waals surface area contributed by atoms with Crippen molar-refractivity contribution in [3.05, 3.63) is 53.2 Å². The van der Waals surface area contributed by atoms with Crippen molar-refractivity contribution in [2.75, 3.05) is 6.54 Å². The van der Waals surface area contributed by atoms with Crippen molar-refractivity contribution in [1.29, 1.82) is 0 Å². The van der Waals surface area contributed by atoms with E-state index in [0.717, 1.165) is 24.2 Å². The highest BCUT2D eigenvalue weighted by molar-refractivity contribution is 7.93. The number of rotatable bonds is 6. The van der Waals surface area contributed by atoms with E-state index in [-0.39, 0.29) is 22.6 Å². The van der Waals surface area contributed by atoms with Crippen LogP contribution in [0.15, 0.2) is 46.0 Å². The Morgan fingerprint density at radius 1 is 1.26 bits per heavy atom. The predicted octanol–water partition coefficient (Wildman–Crippen LogP) is 2.93. The maximum atomic E-state index is 13.1. The van der Waals surface area contributed by atoms with Gasteiger partial charge in [-0.25, -0.2) is 12.8 Å². The Kier molecular flexibility index (Phi) is 4.50. The van der Waals surface area contributed by atoms with E-state index in [9.17, 15) is 17.6 Å². The van der Waals surface area contributed by atoms with Gasteiger partial charge in [0.1, 0.15) is 15.3 Å². The molecule has 1 heterocycles. The van der Waals surface area contributed by atoms with Crippen LogP contribution in [0.4, 0.5) is 4.39 Å². The normalized spacial score (nSPS) is 16.0. The number of halogens is 1. The van der Waals surface area contributed by atoms with Crippen molar-refractivity contribution in [2.24, 2.45) is 5.92 Å². The summed E-state index contributed by atoms with van der Waals surface area (Å²) in [6, 6.07) is 8.58. The van der Waals surface area contributed by atoms with Crippen molar-refractivity contribution < 1.29 is 17.6 Å². The lowest BCUT2D eigenvalue weighted by Gasteiger charge is -2.18. The smallest absolute Gasteiger partial charge is 0.223 e. The van der Waals surface area contributed by atoms with Crippen LogP contribution >= 0.6 is 11.3 Å². The first kappa shape index (κ1) is 16.1. The average molecular weight is 353 g/mol. The summed E-state index contributed by atoms with van der Waals surface area (Å²) in [4.78, 5) is 11.8. The molecular weight excluding hydrogens is 337 g/mol. The molecule has 4 nitrogen and oxygen atoms in total. The number of hydrogen-bond acceptors (Lipinski definition) is 4. The molecule has 1 saturated carbocycles. The van der Waals surface area contributed by atoms with Gasteiger partial charge in [-0.05, 0) is 42.0 Å². The summed E-state index contributed by atoms with van der Waals surface area (Å²) in [6.07, 6.45) is 1.70. The summed E-state index contributed by atoms with van der Waals surface area (Å²) in [5.41, 5.74) is 0.468. The van der Waals surface area contributed by atoms with E-state index in [2.05, 4.69) is 5.32 Å². The molecule has 7 heteroatoms. The van der Waals surface area contributed by atoms with Gasteiger partial charge in [0.05, 0.1) is 0 Å². The third kappa shape index (κ3) is 3.61. The number of hydrogen-bond donors (Lipinski definition) is 1. The fourth-order valence-electron chi connectivity index (χ4n) is 2.33. The predicted molar refractivity (Wildman–Crippen MR) is 86.4 cm³/mol. The summed E-state index contributed by atoms with van der Waals surface area (Å²) in [7, 11) is -3.64. The molecule has 3 rings (SSSR count). The Morgan fingerprint density at radius 3 is 2.52 bits per heavy atom. The maximum Gasteiger partial charge on any atom is 0.223 e. The van der Waals surface area contributed by atoms with Crippen LogP contribution in [0, 0.1) is 11.7 Å². The van der Waals surface area contributed by atoms with Crippen LogP contribution < -0.4 is 5.32 Å². The molecule has 122 valence electrons. The monoisotopic (exact) mass is 353 g/mol. The lowest BCUT2D eigenvalue weighted by molar-refractivity contribution is -0.122. The van der Waals surface area contributed by atoms with Crippen LogP contribution in [-0.4, -0.2) is 20.9 Å². The minimum absolute atomic E-state index is 0.00769. The number of nitrogens with one attached hydrogen (secondary N) is 1. The van der Waals surface area contributed by atoms with Crippen LogP contribution in [0.25, 0.3) is 0 Å². The molecule has 1 amide bonds. The quantitative estimate of drug-likeness (QED) is 0.868. The fourth-order valence-corrected chi connectivity index (χ4v) is 5.20. The molecule has 0 bridgehead atoms. The molecule has 0 saturated heterocycles. The van der Waals surface area contributed by atoms with E-state index in [4.69, 9.17) is 0 Å². The fraction of sp³-hybridized carbons (Fsp3) is 0.312. The van der Waals surface area contributed by atoms with Gasteiger partial charge in [0.25, 0.3) is 0 Å². The Balaban J connectivity index is 1.89. The van der Waals surface area contributed by atoms with Gasteiger partial charge in [-0.3, -0.25) is 4.79 Å². The minimum atomic E-state index is -3.64. The van der Waals surface area contributed by atoms with E-state index in [1.807, 2.05) is 0 Å². The summed E-state index contributed by atoms with van der Waals surface area (Å²) < 4.78 is 39.1. The Bertz CT molecular complexity index is 781. The number of benzene rings is 1. The van der Waals surface area contributed by atoms with Crippen LogP contribution in [0.1, 0.15) is 23.7 Å². The summed E-state index contributed by atoms with van der Waals surface area (Å²) >= 11 is 1.13. The molecule has 0 radical (unpaired) electrons. The highest BCUT2D eigenvalue weighted by Crippen LogP contribution is 2.32. The zero-order valence-electron chi connectivity index (χ0n) is 12.2. The zero-order valence-corrected chi connectivity index (χ0v) is 13.9. The van der Waals surface area contributed by atoms with Gasteiger partial charge in [0.2, 0.25) is 5.91 Å². The lowest BCUT2D eigenvalue weighted by Crippen LogP contribution is -2.32. The van der Waals surface area contributed by atoms with Gasteiger partial charge in [-0.15, -0.1) is 11.3 Å². The maximum absolute atomic E-state index is 13.1. The topological polar surface area (TPSA) is 63.2 Å².